The molecular weight excluding hydrogens is 392 g/mol. The van der Waals surface area contributed by atoms with Crippen LogP contribution in [0.1, 0.15) is 48.7 Å². The summed E-state index contributed by atoms with van der Waals surface area (Å²) in [6.45, 7) is 3.83. The predicted molar refractivity (Wildman–Crippen MR) is 107 cm³/mol. The molecule has 1 amide bonds. The Labute approximate surface area is 172 Å². The third-order valence-electron chi connectivity index (χ3n) is 5.31. The molecule has 1 saturated heterocycles. The van der Waals surface area contributed by atoms with Crippen LogP contribution in [0.15, 0.2) is 36.7 Å². The number of aliphatic hydroxyl groups is 1. The van der Waals surface area contributed by atoms with E-state index in [1.165, 1.54) is 16.8 Å². The van der Waals surface area contributed by atoms with Crippen LogP contribution >= 0.6 is 0 Å². The van der Waals surface area contributed by atoms with Crippen molar-refractivity contribution < 1.29 is 18.7 Å². The number of aliphatic hydroxyl groups excluding tert-OH is 1. The number of amides is 1. The number of carbonyl (C=O) groups is 1. The van der Waals surface area contributed by atoms with Crippen molar-refractivity contribution in [3.05, 3.63) is 59.4 Å². The van der Waals surface area contributed by atoms with Crippen LogP contribution in [0.2, 0.25) is 0 Å². The number of halogens is 2. The Morgan fingerprint density at radius 3 is 2.90 bits per heavy atom. The third-order valence-corrected chi connectivity index (χ3v) is 5.31. The first-order valence-corrected chi connectivity index (χ1v) is 9.78. The Balaban J connectivity index is 1.69. The lowest BCUT2D eigenvalue weighted by molar-refractivity contribution is 0.0871. The second-order valence-electron chi connectivity index (χ2n) is 8.13. The zero-order valence-corrected chi connectivity index (χ0v) is 16.8. The lowest BCUT2D eigenvalue weighted by Crippen LogP contribution is -2.46. The number of nitrogens with zero attached hydrogens (tertiary/aromatic N) is 4. The molecular formula is C21H23F2N5O2. The fourth-order valence-corrected chi connectivity index (χ4v) is 3.73. The van der Waals surface area contributed by atoms with Crippen LogP contribution in [0.25, 0.3) is 5.65 Å². The standard InChI is InChI=1S/C21H23F2N5O2/c1-21(2,12-29)26-20(30)15-11-24-28-9-7-18(25-19(15)28)27-8-3-4-17(27)14-10-13(22)5-6-16(14)23/h5-7,9-11,17,29H,3-4,8,12H2,1-2H3,(H,26,30)/t17-/m1/s1. The molecule has 3 aromatic rings. The van der Waals surface area contributed by atoms with Gasteiger partial charge in [0.15, 0.2) is 5.65 Å². The molecule has 4 rings (SSSR count). The number of rotatable bonds is 5. The maximum Gasteiger partial charge on any atom is 0.257 e. The second kappa shape index (κ2) is 7.64. The van der Waals surface area contributed by atoms with Gasteiger partial charge in [-0.05, 0) is 51.0 Å². The van der Waals surface area contributed by atoms with Crippen LogP contribution in [0, 0.1) is 11.6 Å². The molecule has 1 atom stereocenters. The highest BCUT2D eigenvalue weighted by atomic mass is 19.1. The fraction of sp³-hybridized carbons (Fsp3) is 0.381. The monoisotopic (exact) mass is 415 g/mol. The van der Waals surface area contributed by atoms with Crippen molar-refractivity contribution >= 4 is 17.4 Å². The van der Waals surface area contributed by atoms with E-state index in [0.717, 1.165) is 18.6 Å². The van der Waals surface area contributed by atoms with Crippen molar-refractivity contribution in [3.63, 3.8) is 0 Å². The van der Waals surface area contributed by atoms with Crippen molar-refractivity contribution in [2.24, 2.45) is 0 Å². The van der Waals surface area contributed by atoms with Gasteiger partial charge in [0, 0.05) is 18.3 Å². The number of benzene rings is 1. The zero-order valence-electron chi connectivity index (χ0n) is 16.8. The van der Waals surface area contributed by atoms with Gasteiger partial charge in [-0.1, -0.05) is 0 Å². The van der Waals surface area contributed by atoms with Gasteiger partial charge in [0.2, 0.25) is 0 Å². The molecule has 30 heavy (non-hydrogen) atoms. The molecule has 0 bridgehead atoms. The first-order valence-electron chi connectivity index (χ1n) is 9.78. The Hall–Kier alpha value is -3.07. The van der Waals surface area contributed by atoms with E-state index in [9.17, 15) is 18.7 Å². The molecule has 2 aromatic heterocycles. The highest BCUT2D eigenvalue weighted by Gasteiger charge is 2.30. The summed E-state index contributed by atoms with van der Waals surface area (Å²) in [6, 6.07) is 4.87. The van der Waals surface area contributed by atoms with Crippen LogP contribution in [0.4, 0.5) is 14.6 Å². The Morgan fingerprint density at radius 2 is 2.13 bits per heavy atom. The molecule has 1 aliphatic rings. The summed E-state index contributed by atoms with van der Waals surface area (Å²) in [6.07, 6.45) is 4.58. The fourth-order valence-electron chi connectivity index (χ4n) is 3.73. The molecule has 9 heteroatoms. The van der Waals surface area contributed by atoms with E-state index >= 15 is 0 Å². The summed E-state index contributed by atoms with van der Waals surface area (Å²) >= 11 is 0. The molecule has 1 aliphatic heterocycles. The number of hydrogen-bond acceptors (Lipinski definition) is 5. The van der Waals surface area contributed by atoms with E-state index in [1.807, 2.05) is 4.90 Å². The number of fused-ring (bicyclic) bond motifs is 1. The molecule has 0 spiro atoms. The first-order chi connectivity index (χ1) is 14.3. The summed E-state index contributed by atoms with van der Waals surface area (Å²) in [5.41, 5.74) is 0.123. The van der Waals surface area contributed by atoms with Crippen molar-refractivity contribution in [2.45, 2.75) is 38.3 Å². The molecule has 0 unspecified atom stereocenters. The molecule has 2 N–H and O–H groups in total. The lowest BCUT2D eigenvalue weighted by Gasteiger charge is -2.26. The number of aromatic nitrogens is 3. The van der Waals surface area contributed by atoms with Gasteiger partial charge in [-0.2, -0.15) is 5.10 Å². The Morgan fingerprint density at radius 1 is 1.33 bits per heavy atom. The quantitative estimate of drug-likeness (QED) is 0.670. The highest BCUT2D eigenvalue weighted by molar-refractivity contribution is 6.00. The maximum absolute atomic E-state index is 14.4. The molecule has 0 saturated carbocycles. The van der Waals surface area contributed by atoms with Gasteiger partial charge in [-0.3, -0.25) is 4.79 Å². The average Bonchev–Trinajstić information content (AvgIpc) is 3.36. The van der Waals surface area contributed by atoms with E-state index in [0.29, 0.717) is 30.0 Å². The minimum atomic E-state index is -0.794. The molecule has 0 radical (unpaired) electrons. The molecule has 0 aliphatic carbocycles. The van der Waals surface area contributed by atoms with E-state index in [1.54, 1.807) is 26.1 Å². The second-order valence-corrected chi connectivity index (χ2v) is 8.13. The largest absolute Gasteiger partial charge is 0.394 e. The average molecular weight is 415 g/mol. The lowest BCUT2D eigenvalue weighted by atomic mass is 10.0. The first kappa shape index (κ1) is 20.2. The van der Waals surface area contributed by atoms with Gasteiger partial charge in [0.05, 0.1) is 24.4 Å². The van der Waals surface area contributed by atoms with Gasteiger partial charge in [0.1, 0.15) is 23.0 Å². The summed E-state index contributed by atoms with van der Waals surface area (Å²) in [7, 11) is 0. The van der Waals surface area contributed by atoms with Gasteiger partial charge in [-0.15, -0.1) is 0 Å². The van der Waals surface area contributed by atoms with Gasteiger partial charge < -0.3 is 15.3 Å². The number of carbonyl (C=O) groups excluding carboxylic acids is 1. The van der Waals surface area contributed by atoms with Crippen LogP contribution in [-0.2, 0) is 0 Å². The summed E-state index contributed by atoms with van der Waals surface area (Å²) in [5, 5.41) is 16.3. The molecule has 3 heterocycles. The minimum absolute atomic E-state index is 0.217. The van der Waals surface area contributed by atoms with E-state index in [2.05, 4.69) is 15.4 Å². The van der Waals surface area contributed by atoms with E-state index < -0.39 is 23.1 Å². The molecule has 1 fully saturated rings. The molecule has 1 aromatic carbocycles. The number of hydrogen-bond donors (Lipinski definition) is 2. The number of anilines is 1. The van der Waals surface area contributed by atoms with Gasteiger partial charge in [-0.25, -0.2) is 18.3 Å². The van der Waals surface area contributed by atoms with Gasteiger partial charge >= 0.3 is 0 Å². The van der Waals surface area contributed by atoms with Crippen molar-refractivity contribution in [1.29, 1.82) is 0 Å². The summed E-state index contributed by atoms with van der Waals surface area (Å²) in [5.74, 6) is -0.777. The van der Waals surface area contributed by atoms with Crippen molar-refractivity contribution in [1.82, 2.24) is 19.9 Å². The SMILES string of the molecule is CC(C)(CO)NC(=O)c1cnn2ccc(N3CCC[C@@H]3c3cc(F)ccc3F)nc12. The third kappa shape index (κ3) is 3.72. The van der Waals surface area contributed by atoms with Crippen molar-refractivity contribution in [3.8, 4) is 0 Å². The van der Waals surface area contributed by atoms with Crippen LogP contribution in [0.3, 0.4) is 0 Å². The maximum atomic E-state index is 14.4. The summed E-state index contributed by atoms with van der Waals surface area (Å²) in [4.78, 5) is 19.2. The predicted octanol–water partition coefficient (Wildman–Crippen LogP) is 2.85. The molecule has 7 nitrogen and oxygen atoms in total. The molecule has 158 valence electrons. The van der Waals surface area contributed by atoms with E-state index in [-0.39, 0.29) is 18.2 Å². The topological polar surface area (TPSA) is 82.8 Å². The van der Waals surface area contributed by atoms with Crippen LogP contribution < -0.4 is 10.2 Å². The Kier molecular flexibility index (Phi) is 5.15. The summed E-state index contributed by atoms with van der Waals surface area (Å²) < 4.78 is 29.6. The van der Waals surface area contributed by atoms with Gasteiger partial charge in [0.25, 0.3) is 5.91 Å². The smallest absolute Gasteiger partial charge is 0.257 e. The normalized spacial score (nSPS) is 17.0. The highest BCUT2D eigenvalue weighted by Crippen LogP contribution is 2.36. The minimum Gasteiger partial charge on any atom is -0.394 e. The van der Waals surface area contributed by atoms with Crippen molar-refractivity contribution in [2.75, 3.05) is 18.1 Å². The zero-order chi connectivity index (χ0) is 21.5. The van der Waals surface area contributed by atoms with E-state index in [4.69, 9.17) is 0 Å². The Bertz CT molecular complexity index is 1100. The number of nitrogens with one attached hydrogen (secondary N) is 1. The van der Waals surface area contributed by atoms with Crippen LogP contribution in [0.5, 0.6) is 0 Å². The van der Waals surface area contributed by atoms with Crippen LogP contribution in [-0.4, -0.2) is 44.3 Å².